The van der Waals surface area contributed by atoms with Crippen LogP contribution >= 0.6 is 27.7 Å². The third kappa shape index (κ3) is 5.45. The number of amides is 1. The van der Waals surface area contributed by atoms with Gasteiger partial charge in [0.1, 0.15) is 0 Å². The van der Waals surface area contributed by atoms with Crippen molar-refractivity contribution in [2.45, 2.75) is 22.2 Å². The molecular formula is C10H9BrF3NOS. The first kappa shape index (κ1) is 14.4. The van der Waals surface area contributed by atoms with Crippen LogP contribution in [0.2, 0.25) is 0 Å². The lowest BCUT2D eigenvalue weighted by molar-refractivity contribution is -0.115. The summed E-state index contributed by atoms with van der Waals surface area (Å²) < 4.78 is 36.1. The smallest absolute Gasteiger partial charge is 0.325 e. The number of carbonyl (C=O) groups is 1. The number of alkyl halides is 4. The number of benzene rings is 1. The van der Waals surface area contributed by atoms with Gasteiger partial charge in [-0.1, -0.05) is 15.9 Å². The van der Waals surface area contributed by atoms with Crippen molar-refractivity contribution in [2.75, 3.05) is 5.32 Å². The Bertz CT molecular complexity index is 392. The summed E-state index contributed by atoms with van der Waals surface area (Å²) in [6, 6.07) is 5.49. The zero-order valence-electron chi connectivity index (χ0n) is 8.72. The van der Waals surface area contributed by atoms with Crippen molar-refractivity contribution >= 4 is 39.3 Å². The Balaban J connectivity index is 2.65. The van der Waals surface area contributed by atoms with Crippen molar-refractivity contribution in [3.63, 3.8) is 0 Å². The molecule has 1 atom stereocenters. The Morgan fingerprint density at radius 2 is 1.88 bits per heavy atom. The van der Waals surface area contributed by atoms with E-state index >= 15 is 0 Å². The maximum atomic E-state index is 12.0. The Hall–Kier alpha value is -0.690. The summed E-state index contributed by atoms with van der Waals surface area (Å²) in [6.45, 7) is 1.66. The standard InChI is InChI=1S/C10H9BrF3NOS/c1-6(11)9(16)15-7-2-4-8(5-3-7)17-10(12,13)14/h2-6H,1H3,(H,15,16). The van der Waals surface area contributed by atoms with E-state index in [0.29, 0.717) is 5.69 Å². The van der Waals surface area contributed by atoms with Crippen molar-refractivity contribution < 1.29 is 18.0 Å². The molecule has 17 heavy (non-hydrogen) atoms. The van der Waals surface area contributed by atoms with Gasteiger partial charge in [-0.2, -0.15) is 13.2 Å². The summed E-state index contributed by atoms with van der Waals surface area (Å²) in [6.07, 6.45) is 0. The third-order valence-corrected chi connectivity index (χ3v) is 2.87. The van der Waals surface area contributed by atoms with Crippen molar-refractivity contribution in [1.82, 2.24) is 0 Å². The summed E-state index contributed by atoms with van der Waals surface area (Å²) >= 11 is 2.90. The molecular weight excluding hydrogens is 319 g/mol. The van der Waals surface area contributed by atoms with Gasteiger partial charge in [-0.25, -0.2) is 0 Å². The fourth-order valence-electron chi connectivity index (χ4n) is 0.982. The summed E-state index contributed by atoms with van der Waals surface area (Å²) in [5.41, 5.74) is -3.83. The van der Waals surface area contributed by atoms with E-state index in [1.807, 2.05) is 0 Å². The largest absolute Gasteiger partial charge is 0.446 e. The molecule has 0 aromatic heterocycles. The Morgan fingerprint density at radius 3 is 2.29 bits per heavy atom. The van der Waals surface area contributed by atoms with Crippen molar-refractivity contribution in [3.8, 4) is 0 Å². The fraction of sp³-hybridized carbons (Fsp3) is 0.300. The second-order valence-electron chi connectivity index (χ2n) is 3.18. The van der Waals surface area contributed by atoms with Gasteiger partial charge in [0.05, 0.1) is 4.83 Å². The van der Waals surface area contributed by atoms with E-state index in [1.54, 1.807) is 6.92 Å². The van der Waals surface area contributed by atoms with E-state index in [2.05, 4.69) is 21.2 Å². The van der Waals surface area contributed by atoms with E-state index in [1.165, 1.54) is 24.3 Å². The summed E-state index contributed by atoms with van der Waals surface area (Å²) in [5, 5.41) is 2.56. The molecule has 1 unspecified atom stereocenters. The van der Waals surface area contributed by atoms with Gasteiger partial charge in [0.25, 0.3) is 0 Å². The zero-order valence-corrected chi connectivity index (χ0v) is 11.1. The number of thioether (sulfide) groups is 1. The molecule has 0 aliphatic rings. The number of anilines is 1. The average Bonchev–Trinajstić information content (AvgIpc) is 2.18. The van der Waals surface area contributed by atoms with Crippen molar-refractivity contribution in [2.24, 2.45) is 0 Å². The molecule has 1 aromatic rings. The van der Waals surface area contributed by atoms with Crippen molar-refractivity contribution in [1.29, 1.82) is 0 Å². The van der Waals surface area contributed by atoms with Crippen LogP contribution in [-0.4, -0.2) is 16.2 Å². The number of halogens is 4. The maximum Gasteiger partial charge on any atom is 0.446 e. The Kier molecular flexibility index (Phi) is 4.88. The molecule has 1 rings (SSSR count). The number of rotatable bonds is 3. The number of nitrogens with one attached hydrogen (secondary N) is 1. The minimum Gasteiger partial charge on any atom is -0.325 e. The lowest BCUT2D eigenvalue weighted by Crippen LogP contribution is -2.19. The second-order valence-corrected chi connectivity index (χ2v) is 5.69. The third-order valence-electron chi connectivity index (χ3n) is 1.72. The van der Waals surface area contributed by atoms with Crippen LogP contribution in [0.3, 0.4) is 0 Å². The first-order valence-electron chi connectivity index (χ1n) is 4.58. The molecule has 0 spiro atoms. The molecule has 0 bridgehead atoms. The SMILES string of the molecule is CC(Br)C(=O)Nc1ccc(SC(F)(F)F)cc1. The van der Waals surface area contributed by atoms with Gasteiger partial charge in [-0.05, 0) is 43.0 Å². The van der Waals surface area contributed by atoms with Gasteiger partial charge in [0, 0.05) is 10.6 Å². The van der Waals surface area contributed by atoms with Gasteiger partial charge in [-0.15, -0.1) is 0 Å². The molecule has 1 N–H and O–H groups in total. The molecule has 2 nitrogen and oxygen atoms in total. The monoisotopic (exact) mass is 327 g/mol. The lowest BCUT2D eigenvalue weighted by Gasteiger charge is -2.08. The molecule has 7 heteroatoms. The Labute approximate surface area is 109 Å². The highest BCUT2D eigenvalue weighted by Gasteiger charge is 2.29. The summed E-state index contributed by atoms with van der Waals surface area (Å²) in [7, 11) is 0. The molecule has 94 valence electrons. The molecule has 0 aliphatic carbocycles. The van der Waals surface area contributed by atoms with E-state index in [9.17, 15) is 18.0 Å². The molecule has 0 saturated heterocycles. The molecule has 0 saturated carbocycles. The first-order chi connectivity index (χ1) is 7.78. The van der Waals surface area contributed by atoms with Crippen LogP contribution in [0.4, 0.5) is 18.9 Å². The molecule has 1 amide bonds. The predicted octanol–water partition coefficient (Wildman–Crippen LogP) is 4.02. The van der Waals surface area contributed by atoms with E-state index in [4.69, 9.17) is 0 Å². The normalized spacial score (nSPS) is 13.2. The van der Waals surface area contributed by atoms with Gasteiger partial charge in [0.2, 0.25) is 5.91 Å². The van der Waals surface area contributed by atoms with Gasteiger partial charge >= 0.3 is 5.51 Å². The van der Waals surface area contributed by atoms with Crippen LogP contribution in [0.25, 0.3) is 0 Å². The van der Waals surface area contributed by atoms with Gasteiger partial charge < -0.3 is 5.32 Å². The molecule has 0 radical (unpaired) electrons. The highest BCUT2D eigenvalue weighted by Crippen LogP contribution is 2.37. The maximum absolute atomic E-state index is 12.0. The number of hydrogen-bond acceptors (Lipinski definition) is 2. The number of hydrogen-bond donors (Lipinski definition) is 1. The van der Waals surface area contributed by atoms with Crippen LogP contribution in [0.5, 0.6) is 0 Å². The van der Waals surface area contributed by atoms with Gasteiger partial charge in [0.15, 0.2) is 0 Å². The molecule has 0 aliphatic heterocycles. The average molecular weight is 328 g/mol. The minimum atomic E-state index is -4.30. The second kappa shape index (κ2) is 5.77. The first-order valence-corrected chi connectivity index (χ1v) is 6.32. The molecule has 0 fully saturated rings. The quantitative estimate of drug-likeness (QED) is 0.671. The number of carbonyl (C=O) groups excluding carboxylic acids is 1. The van der Waals surface area contributed by atoms with Crippen LogP contribution in [0.1, 0.15) is 6.92 Å². The van der Waals surface area contributed by atoms with Crippen LogP contribution in [-0.2, 0) is 4.79 Å². The lowest BCUT2D eigenvalue weighted by atomic mass is 10.3. The van der Waals surface area contributed by atoms with E-state index < -0.39 is 5.51 Å². The topological polar surface area (TPSA) is 29.1 Å². The predicted molar refractivity (Wildman–Crippen MR) is 65.4 cm³/mol. The van der Waals surface area contributed by atoms with Crippen LogP contribution in [0.15, 0.2) is 29.2 Å². The van der Waals surface area contributed by atoms with E-state index in [0.717, 1.165) is 0 Å². The van der Waals surface area contributed by atoms with Crippen LogP contribution in [0, 0.1) is 0 Å². The highest BCUT2D eigenvalue weighted by atomic mass is 79.9. The van der Waals surface area contributed by atoms with Crippen molar-refractivity contribution in [3.05, 3.63) is 24.3 Å². The molecule has 0 heterocycles. The Morgan fingerprint density at radius 1 is 1.35 bits per heavy atom. The molecule has 1 aromatic carbocycles. The highest BCUT2D eigenvalue weighted by molar-refractivity contribution is 9.10. The van der Waals surface area contributed by atoms with Crippen LogP contribution < -0.4 is 5.32 Å². The summed E-state index contributed by atoms with van der Waals surface area (Å²) in [4.78, 5) is 11.0. The van der Waals surface area contributed by atoms with Gasteiger partial charge in [-0.3, -0.25) is 4.79 Å². The summed E-state index contributed by atoms with van der Waals surface area (Å²) in [5.74, 6) is -0.249. The van der Waals surface area contributed by atoms with E-state index in [-0.39, 0.29) is 27.4 Å². The fourth-order valence-corrected chi connectivity index (χ4v) is 1.64. The minimum absolute atomic E-state index is 0.0855. The zero-order chi connectivity index (χ0) is 13.1.